The minimum Gasteiger partial charge on any atom is -0.350 e. The third-order valence-electron chi connectivity index (χ3n) is 4.93. The molecule has 1 aromatic heterocycles. The van der Waals surface area contributed by atoms with E-state index in [2.05, 4.69) is 40.0 Å². The molecule has 1 amide bonds. The maximum atomic E-state index is 12.6. The van der Waals surface area contributed by atoms with E-state index in [-0.39, 0.29) is 11.9 Å². The Bertz CT molecular complexity index is 607. The molecule has 3 rings (SSSR count). The first-order chi connectivity index (χ1) is 10.6. The van der Waals surface area contributed by atoms with Crippen LogP contribution in [0.3, 0.4) is 0 Å². The molecule has 2 heterocycles. The highest BCUT2D eigenvalue weighted by Crippen LogP contribution is 2.37. The molecular formula is C16H23N5O. The molecule has 0 unspecified atom stereocenters. The van der Waals surface area contributed by atoms with Gasteiger partial charge < -0.3 is 9.88 Å². The average molecular weight is 301 g/mol. The van der Waals surface area contributed by atoms with Gasteiger partial charge in [-0.2, -0.15) is 5.26 Å². The number of aromatic nitrogens is 3. The Morgan fingerprint density at radius 3 is 2.77 bits per heavy atom. The topological polar surface area (TPSA) is 83.6 Å². The third-order valence-corrected chi connectivity index (χ3v) is 4.93. The van der Waals surface area contributed by atoms with E-state index in [1.165, 1.54) is 0 Å². The molecule has 2 aliphatic rings. The second kappa shape index (κ2) is 5.71. The Morgan fingerprint density at radius 1 is 1.41 bits per heavy atom. The molecule has 0 spiro atoms. The zero-order valence-corrected chi connectivity index (χ0v) is 13.3. The minimum atomic E-state index is -0.797. The van der Waals surface area contributed by atoms with Crippen LogP contribution >= 0.6 is 0 Å². The van der Waals surface area contributed by atoms with E-state index in [1.54, 1.807) is 0 Å². The van der Waals surface area contributed by atoms with Crippen molar-refractivity contribution >= 4 is 5.91 Å². The number of amides is 1. The summed E-state index contributed by atoms with van der Waals surface area (Å²) in [5.74, 6) is 2.21. The lowest BCUT2D eigenvalue weighted by atomic mass is 9.86. The number of rotatable bonds is 3. The summed E-state index contributed by atoms with van der Waals surface area (Å²) in [5, 5.41) is 21.0. The maximum Gasteiger partial charge on any atom is 0.240 e. The molecule has 0 saturated heterocycles. The van der Waals surface area contributed by atoms with E-state index in [9.17, 15) is 10.1 Å². The normalized spacial score (nSPS) is 23.1. The summed E-state index contributed by atoms with van der Waals surface area (Å²) in [4.78, 5) is 12.6. The second-order valence-corrected chi connectivity index (χ2v) is 6.85. The number of nitrogens with zero attached hydrogens (tertiary/aromatic N) is 4. The molecule has 0 bridgehead atoms. The van der Waals surface area contributed by atoms with E-state index >= 15 is 0 Å². The number of nitriles is 1. The van der Waals surface area contributed by atoms with Gasteiger partial charge in [0.15, 0.2) is 0 Å². The highest BCUT2D eigenvalue weighted by Gasteiger charge is 2.42. The van der Waals surface area contributed by atoms with Crippen LogP contribution < -0.4 is 5.32 Å². The van der Waals surface area contributed by atoms with Crippen LogP contribution in [-0.2, 0) is 17.8 Å². The van der Waals surface area contributed by atoms with Crippen LogP contribution in [0.4, 0.5) is 0 Å². The van der Waals surface area contributed by atoms with Crippen LogP contribution in [0.2, 0.25) is 0 Å². The molecule has 1 aliphatic carbocycles. The quantitative estimate of drug-likeness (QED) is 0.924. The lowest BCUT2D eigenvalue weighted by Crippen LogP contribution is -2.47. The monoisotopic (exact) mass is 301 g/mol. The summed E-state index contributed by atoms with van der Waals surface area (Å²) in [5.41, 5.74) is -0.797. The van der Waals surface area contributed by atoms with Crippen LogP contribution in [-0.4, -0.2) is 26.7 Å². The van der Waals surface area contributed by atoms with Crippen molar-refractivity contribution in [3.05, 3.63) is 11.6 Å². The second-order valence-electron chi connectivity index (χ2n) is 6.85. The Balaban J connectivity index is 1.71. The van der Waals surface area contributed by atoms with Gasteiger partial charge in [0.05, 0.1) is 6.07 Å². The molecule has 1 aliphatic heterocycles. The molecule has 118 valence electrons. The molecule has 0 aromatic carbocycles. The van der Waals surface area contributed by atoms with E-state index in [0.29, 0.717) is 25.3 Å². The summed E-state index contributed by atoms with van der Waals surface area (Å²) >= 11 is 0. The number of carbonyl (C=O) groups excluding carboxylic acids is 1. The third kappa shape index (κ3) is 2.49. The van der Waals surface area contributed by atoms with E-state index < -0.39 is 5.41 Å². The van der Waals surface area contributed by atoms with Gasteiger partial charge in [0.1, 0.15) is 17.1 Å². The van der Waals surface area contributed by atoms with Crippen molar-refractivity contribution in [3.63, 3.8) is 0 Å². The van der Waals surface area contributed by atoms with Crippen molar-refractivity contribution < 1.29 is 4.79 Å². The van der Waals surface area contributed by atoms with Gasteiger partial charge in [0.25, 0.3) is 0 Å². The first-order valence-electron chi connectivity index (χ1n) is 8.20. The van der Waals surface area contributed by atoms with Crippen molar-refractivity contribution in [2.24, 2.45) is 5.41 Å². The standard InChI is InChI=1S/C16H23N5O/c1-11(2)14-20-19-13-6-5-12(9-21(13)14)18-15(22)16(10-17)7-3-4-8-16/h11-12H,3-9H2,1-2H3,(H,18,22)/t12-/m0/s1. The minimum absolute atomic E-state index is 0.0688. The van der Waals surface area contributed by atoms with Gasteiger partial charge >= 0.3 is 0 Å². The average Bonchev–Trinajstić information content (AvgIpc) is 3.14. The van der Waals surface area contributed by atoms with Gasteiger partial charge in [0.2, 0.25) is 5.91 Å². The van der Waals surface area contributed by atoms with Crippen molar-refractivity contribution in [1.29, 1.82) is 5.26 Å². The molecule has 1 N–H and O–H groups in total. The highest BCUT2D eigenvalue weighted by molar-refractivity contribution is 5.86. The fourth-order valence-electron chi connectivity index (χ4n) is 3.58. The molecule has 0 radical (unpaired) electrons. The molecule has 1 atom stereocenters. The van der Waals surface area contributed by atoms with Gasteiger partial charge in [-0.15, -0.1) is 10.2 Å². The van der Waals surface area contributed by atoms with Gasteiger partial charge in [-0.05, 0) is 19.3 Å². The first-order valence-corrected chi connectivity index (χ1v) is 8.20. The SMILES string of the molecule is CC(C)c1nnc2n1C[C@@H](NC(=O)C1(C#N)CCCC1)CC2. The molecule has 1 fully saturated rings. The molecule has 22 heavy (non-hydrogen) atoms. The summed E-state index contributed by atoms with van der Waals surface area (Å²) in [6, 6.07) is 2.34. The smallest absolute Gasteiger partial charge is 0.240 e. The van der Waals surface area contributed by atoms with Gasteiger partial charge in [-0.1, -0.05) is 26.7 Å². The Hall–Kier alpha value is -1.90. The summed E-state index contributed by atoms with van der Waals surface area (Å²) in [6.45, 7) is 4.91. The van der Waals surface area contributed by atoms with Crippen molar-refractivity contribution in [2.75, 3.05) is 0 Å². The Kier molecular flexibility index (Phi) is 3.90. The molecule has 6 nitrogen and oxygen atoms in total. The lowest BCUT2D eigenvalue weighted by Gasteiger charge is -2.29. The van der Waals surface area contributed by atoms with Crippen LogP contribution in [0.15, 0.2) is 0 Å². The van der Waals surface area contributed by atoms with Gasteiger partial charge in [-0.3, -0.25) is 4.79 Å². The number of carbonyl (C=O) groups is 1. The van der Waals surface area contributed by atoms with Gasteiger partial charge in [0, 0.05) is 24.9 Å². The molecule has 1 aromatic rings. The van der Waals surface area contributed by atoms with Crippen LogP contribution in [0.1, 0.15) is 63.5 Å². The van der Waals surface area contributed by atoms with Gasteiger partial charge in [-0.25, -0.2) is 0 Å². The van der Waals surface area contributed by atoms with Crippen LogP contribution in [0.25, 0.3) is 0 Å². The van der Waals surface area contributed by atoms with Crippen LogP contribution in [0.5, 0.6) is 0 Å². The molecule has 6 heteroatoms. The molecular weight excluding hydrogens is 278 g/mol. The first kappa shape index (κ1) is 15.0. The predicted octanol–water partition coefficient (Wildman–Crippen LogP) is 1.92. The van der Waals surface area contributed by atoms with Crippen LogP contribution in [0, 0.1) is 16.7 Å². The van der Waals surface area contributed by atoms with E-state index in [4.69, 9.17) is 0 Å². The summed E-state index contributed by atoms with van der Waals surface area (Å²) in [6.07, 6.45) is 5.01. The van der Waals surface area contributed by atoms with E-state index in [1.807, 2.05) is 0 Å². The van der Waals surface area contributed by atoms with Crippen molar-refractivity contribution in [1.82, 2.24) is 20.1 Å². The summed E-state index contributed by atoms with van der Waals surface area (Å²) in [7, 11) is 0. The highest BCUT2D eigenvalue weighted by atomic mass is 16.2. The molecule has 1 saturated carbocycles. The summed E-state index contributed by atoms with van der Waals surface area (Å²) < 4.78 is 2.13. The zero-order chi connectivity index (χ0) is 15.7. The number of hydrogen-bond donors (Lipinski definition) is 1. The fraction of sp³-hybridized carbons (Fsp3) is 0.750. The number of fused-ring (bicyclic) bond motifs is 1. The Morgan fingerprint density at radius 2 is 2.14 bits per heavy atom. The largest absolute Gasteiger partial charge is 0.350 e. The predicted molar refractivity (Wildman–Crippen MR) is 80.9 cm³/mol. The Labute approximate surface area is 130 Å². The van der Waals surface area contributed by atoms with Crippen molar-refractivity contribution in [3.8, 4) is 6.07 Å². The maximum absolute atomic E-state index is 12.6. The number of nitrogens with one attached hydrogen (secondary N) is 1. The van der Waals surface area contributed by atoms with E-state index in [0.717, 1.165) is 37.3 Å². The zero-order valence-electron chi connectivity index (χ0n) is 13.3. The lowest BCUT2D eigenvalue weighted by molar-refractivity contribution is -0.128. The van der Waals surface area contributed by atoms with Crippen molar-refractivity contribution in [2.45, 2.75) is 70.9 Å². The fourth-order valence-corrected chi connectivity index (χ4v) is 3.58. The number of hydrogen-bond acceptors (Lipinski definition) is 4. The number of aryl methyl sites for hydroxylation is 1.